The monoisotopic (exact) mass is 401 g/mol. The molecule has 0 saturated heterocycles. The Morgan fingerprint density at radius 1 is 1.00 bits per heavy atom. The number of rotatable bonds is 6. The van der Waals surface area contributed by atoms with Gasteiger partial charge in [0.15, 0.2) is 0 Å². The first kappa shape index (κ1) is 26.1. The molecule has 2 rings (SSSR count). The number of carbonyl (C=O) groups is 2. The number of carboxylic acids is 1. The van der Waals surface area contributed by atoms with Crippen LogP contribution in [0.2, 0.25) is 0 Å². The van der Waals surface area contributed by atoms with Crippen molar-refractivity contribution in [3.8, 4) is 0 Å². The average Bonchev–Trinajstić information content (AvgIpc) is 2.66. The number of nitrogens with one attached hydrogen (secondary N) is 2. The van der Waals surface area contributed by atoms with Crippen LogP contribution in [0.5, 0.6) is 0 Å². The summed E-state index contributed by atoms with van der Waals surface area (Å²) in [5, 5.41) is 13.9. The lowest BCUT2D eigenvalue weighted by molar-refractivity contribution is -0.134. The van der Waals surface area contributed by atoms with Gasteiger partial charge in [0, 0.05) is 12.6 Å². The van der Waals surface area contributed by atoms with Gasteiger partial charge in [-0.05, 0) is 62.2 Å². The van der Waals surface area contributed by atoms with E-state index in [-0.39, 0.29) is 0 Å². The zero-order valence-electron chi connectivity index (χ0n) is 18.4. The van der Waals surface area contributed by atoms with Crippen molar-refractivity contribution < 1.29 is 14.7 Å². The Bertz CT molecular complexity index is 783. The molecule has 6 heteroatoms. The number of carboxylic acid groups (broad SMARTS) is 1. The highest BCUT2D eigenvalue weighted by Crippen LogP contribution is 2.28. The normalized spacial score (nSPS) is 9.45. The second kappa shape index (κ2) is 14.2. The average molecular weight is 402 g/mol. The number of hydrogen-bond acceptors (Lipinski definition) is 4. The molecule has 160 valence electrons. The summed E-state index contributed by atoms with van der Waals surface area (Å²) in [4.78, 5) is 20.6. The first-order valence-corrected chi connectivity index (χ1v) is 9.84. The number of benzene rings is 2. The van der Waals surface area contributed by atoms with E-state index in [1.54, 1.807) is 6.07 Å². The molecule has 0 aromatic heterocycles. The van der Waals surface area contributed by atoms with E-state index in [1.165, 1.54) is 11.1 Å². The number of nitrogens with two attached hydrogens (primary N) is 1. The molecule has 2 aromatic carbocycles. The Morgan fingerprint density at radius 3 is 2.00 bits per heavy atom. The Kier molecular flexibility index (Phi) is 12.8. The lowest BCUT2D eigenvalue weighted by Crippen LogP contribution is -2.14. The molecule has 5 N–H and O–H groups in total. The van der Waals surface area contributed by atoms with Gasteiger partial charge in [-0.25, -0.2) is 0 Å². The van der Waals surface area contributed by atoms with Gasteiger partial charge in [-0.15, -0.1) is 0 Å². The molecule has 6 nitrogen and oxygen atoms in total. The van der Waals surface area contributed by atoms with Crippen LogP contribution in [0, 0.1) is 13.8 Å². The molecule has 0 bridgehead atoms. The highest BCUT2D eigenvalue weighted by Gasteiger charge is 2.13. The van der Waals surface area contributed by atoms with Crippen molar-refractivity contribution in [1.29, 1.82) is 0 Å². The van der Waals surface area contributed by atoms with Crippen molar-refractivity contribution in [3.63, 3.8) is 0 Å². The third-order valence-corrected chi connectivity index (χ3v) is 4.16. The molecule has 1 amide bonds. The van der Waals surface area contributed by atoms with Crippen LogP contribution >= 0.6 is 0 Å². The number of amides is 1. The van der Waals surface area contributed by atoms with Crippen LogP contribution < -0.4 is 16.4 Å². The Balaban J connectivity index is 0.000000734. The second-order valence-electron chi connectivity index (χ2n) is 6.41. The smallest absolute Gasteiger partial charge is 0.300 e. The van der Waals surface area contributed by atoms with Gasteiger partial charge >= 0.3 is 0 Å². The van der Waals surface area contributed by atoms with E-state index in [9.17, 15) is 4.79 Å². The van der Waals surface area contributed by atoms with Gasteiger partial charge in [-0.3, -0.25) is 9.59 Å². The molecule has 0 radical (unpaired) electrons. The highest BCUT2D eigenvalue weighted by atomic mass is 16.4. The fraction of sp³-hybridized carbons (Fsp3) is 0.391. The number of aryl methyl sites for hydroxylation is 2. The van der Waals surface area contributed by atoms with E-state index in [1.807, 2.05) is 24.3 Å². The van der Waals surface area contributed by atoms with Crippen molar-refractivity contribution in [2.24, 2.45) is 5.73 Å². The number of anilines is 2. The minimum absolute atomic E-state index is 0.409. The van der Waals surface area contributed by atoms with Gasteiger partial charge in [-0.1, -0.05) is 45.0 Å². The predicted octanol–water partition coefficient (Wildman–Crippen LogP) is 4.42. The summed E-state index contributed by atoms with van der Waals surface area (Å²) >= 11 is 0. The first-order valence-electron chi connectivity index (χ1n) is 9.84. The highest BCUT2D eigenvalue weighted by molar-refractivity contribution is 6.00. The maximum atomic E-state index is 11.6. The van der Waals surface area contributed by atoms with E-state index in [0.717, 1.165) is 43.4 Å². The lowest BCUT2D eigenvalue weighted by Gasteiger charge is -2.17. The molecule has 0 aliphatic rings. The summed E-state index contributed by atoms with van der Waals surface area (Å²) in [6.45, 7) is 13.7. The van der Waals surface area contributed by atoms with Gasteiger partial charge in [0.05, 0.1) is 11.3 Å². The molecule has 0 aliphatic heterocycles. The second-order valence-corrected chi connectivity index (χ2v) is 6.41. The molecule has 0 fully saturated rings. The van der Waals surface area contributed by atoms with Crippen molar-refractivity contribution in [3.05, 3.63) is 58.7 Å². The van der Waals surface area contributed by atoms with Crippen LogP contribution in [0.1, 0.15) is 54.7 Å². The van der Waals surface area contributed by atoms with Crippen molar-refractivity contribution in [1.82, 2.24) is 5.32 Å². The number of aliphatic carboxylic acids is 1. The molecule has 29 heavy (non-hydrogen) atoms. The zero-order chi connectivity index (χ0) is 22.4. The fourth-order valence-electron chi connectivity index (χ4n) is 2.52. The van der Waals surface area contributed by atoms with E-state index in [4.69, 9.17) is 15.6 Å². The number of hydrogen-bond donors (Lipinski definition) is 4. The molecule has 0 spiro atoms. The van der Waals surface area contributed by atoms with E-state index in [2.05, 4.69) is 51.3 Å². The van der Waals surface area contributed by atoms with Gasteiger partial charge in [-0.2, -0.15) is 0 Å². The summed E-state index contributed by atoms with van der Waals surface area (Å²) in [6.07, 6.45) is 0.842. The van der Waals surface area contributed by atoms with E-state index in [0.29, 0.717) is 5.56 Å². The Hall–Kier alpha value is -2.86. The molecule has 0 unspecified atom stereocenters. The van der Waals surface area contributed by atoms with Gasteiger partial charge in [0.2, 0.25) is 0 Å². The maximum Gasteiger partial charge on any atom is 0.300 e. The molecule has 0 heterocycles. The van der Waals surface area contributed by atoms with Crippen molar-refractivity contribution in [2.45, 2.75) is 48.0 Å². The van der Waals surface area contributed by atoms with Crippen LogP contribution in [0.4, 0.5) is 11.4 Å². The lowest BCUT2D eigenvalue weighted by atomic mass is 10.0. The quantitative estimate of drug-likeness (QED) is 0.574. The maximum absolute atomic E-state index is 11.6. The molecular formula is C23H35N3O3. The van der Waals surface area contributed by atoms with Crippen molar-refractivity contribution >= 4 is 23.3 Å². The SMILES string of the molecule is CC(=O)O.CCNCC.CCc1cccc(C(N)=O)c1Nc1cccc(C)c1C. The summed E-state index contributed by atoms with van der Waals surface area (Å²) in [5.74, 6) is -1.24. The van der Waals surface area contributed by atoms with E-state index >= 15 is 0 Å². The minimum atomic E-state index is -0.833. The molecule has 0 saturated carbocycles. The Morgan fingerprint density at radius 2 is 1.55 bits per heavy atom. The summed E-state index contributed by atoms with van der Waals surface area (Å²) in [6, 6.07) is 11.7. The largest absolute Gasteiger partial charge is 0.481 e. The fourth-order valence-corrected chi connectivity index (χ4v) is 2.52. The number of para-hydroxylation sites is 1. The molecular weight excluding hydrogens is 366 g/mol. The van der Waals surface area contributed by atoms with Crippen LogP contribution in [0.25, 0.3) is 0 Å². The van der Waals surface area contributed by atoms with Crippen LogP contribution in [-0.2, 0) is 11.2 Å². The van der Waals surface area contributed by atoms with Gasteiger partial charge < -0.3 is 21.5 Å². The topological polar surface area (TPSA) is 104 Å². The summed E-state index contributed by atoms with van der Waals surface area (Å²) < 4.78 is 0. The van der Waals surface area contributed by atoms with Crippen LogP contribution in [0.3, 0.4) is 0 Å². The zero-order valence-corrected chi connectivity index (χ0v) is 18.4. The molecule has 0 atom stereocenters. The number of primary amides is 1. The van der Waals surface area contributed by atoms with E-state index < -0.39 is 11.9 Å². The summed E-state index contributed by atoms with van der Waals surface area (Å²) in [5.41, 5.74) is 11.3. The first-order chi connectivity index (χ1) is 13.7. The number of carbonyl (C=O) groups excluding carboxylic acids is 1. The third kappa shape index (κ3) is 9.76. The minimum Gasteiger partial charge on any atom is -0.481 e. The van der Waals surface area contributed by atoms with Crippen LogP contribution in [-0.4, -0.2) is 30.1 Å². The van der Waals surface area contributed by atoms with Crippen molar-refractivity contribution in [2.75, 3.05) is 18.4 Å². The van der Waals surface area contributed by atoms with Crippen LogP contribution in [0.15, 0.2) is 36.4 Å². The van der Waals surface area contributed by atoms with Gasteiger partial charge in [0.25, 0.3) is 11.9 Å². The molecule has 0 aliphatic carbocycles. The Labute approximate surface area is 174 Å². The third-order valence-electron chi connectivity index (χ3n) is 4.16. The van der Waals surface area contributed by atoms with Gasteiger partial charge in [0.1, 0.15) is 0 Å². The summed E-state index contributed by atoms with van der Waals surface area (Å²) in [7, 11) is 0. The standard InChI is InChI=1S/C17H20N2O.C4H11N.C2H4O2/c1-4-13-8-6-9-14(17(18)20)16(13)19-15-10-5-7-11(2)12(15)3;1-3-5-4-2;1-2(3)4/h5-10,19H,4H2,1-3H3,(H2,18,20);5H,3-4H2,1-2H3;1H3,(H,3,4). The predicted molar refractivity (Wildman–Crippen MR) is 121 cm³/mol. The molecule has 2 aromatic rings.